The summed E-state index contributed by atoms with van der Waals surface area (Å²) in [6, 6.07) is 15.8. The van der Waals surface area contributed by atoms with Gasteiger partial charge in [0.05, 0.1) is 18.4 Å². The van der Waals surface area contributed by atoms with E-state index >= 15 is 0 Å². The lowest BCUT2D eigenvalue weighted by molar-refractivity contribution is -0.155. The number of amides is 3. The number of fused-ring (bicyclic) bond motifs is 1. The minimum atomic E-state index is -0.427. The standard InChI is InChI=1S/C23H21ClN2O3/c1-15-6-5-9-19-20(15)23(29)26(22(19)28)25(14-16-7-3-2-4-8-16)21(27)17-10-12-18(24)13-11-17/h2-8,10-13,15,19-20H,9,14H2,1H3/t15-,19+,20-/m1/s1. The molecule has 1 fully saturated rings. The number of halogens is 1. The van der Waals surface area contributed by atoms with Crippen LogP contribution in [-0.2, 0) is 16.1 Å². The Kier molecular flexibility index (Phi) is 5.24. The van der Waals surface area contributed by atoms with E-state index in [9.17, 15) is 14.4 Å². The minimum Gasteiger partial charge on any atom is -0.272 e. The summed E-state index contributed by atoms with van der Waals surface area (Å²) in [7, 11) is 0. The van der Waals surface area contributed by atoms with Crippen molar-refractivity contribution >= 4 is 29.3 Å². The Balaban J connectivity index is 1.72. The zero-order valence-electron chi connectivity index (χ0n) is 16.0. The molecule has 0 saturated carbocycles. The maximum atomic E-state index is 13.3. The van der Waals surface area contributed by atoms with E-state index in [0.29, 0.717) is 17.0 Å². The van der Waals surface area contributed by atoms with Crippen LogP contribution in [0.1, 0.15) is 29.3 Å². The first kappa shape index (κ1) is 19.4. The molecule has 0 aromatic heterocycles. The lowest BCUT2D eigenvalue weighted by Crippen LogP contribution is -2.50. The van der Waals surface area contributed by atoms with Crippen LogP contribution in [0.25, 0.3) is 0 Å². The molecule has 2 aliphatic rings. The molecule has 4 rings (SSSR count). The second-order valence-corrected chi connectivity index (χ2v) is 7.94. The molecule has 0 N–H and O–H groups in total. The third kappa shape index (κ3) is 3.58. The molecule has 3 amide bonds. The zero-order chi connectivity index (χ0) is 20.5. The average molecular weight is 409 g/mol. The molecule has 0 bridgehead atoms. The number of hydrazine groups is 1. The van der Waals surface area contributed by atoms with Crippen molar-refractivity contribution in [2.45, 2.75) is 19.9 Å². The fourth-order valence-corrected chi connectivity index (χ4v) is 4.23. The number of benzene rings is 2. The Morgan fingerprint density at radius 1 is 1.07 bits per heavy atom. The van der Waals surface area contributed by atoms with Gasteiger partial charge in [0.1, 0.15) is 0 Å². The van der Waals surface area contributed by atoms with Gasteiger partial charge in [0.25, 0.3) is 17.7 Å². The Hall–Kier alpha value is -2.92. The molecule has 148 valence electrons. The first-order chi connectivity index (χ1) is 14.0. The highest BCUT2D eigenvalue weighted by molar-refractivity contribution is 6.30. The molecule has 29 heavy (non-hydrogen) atoms. The van der Waals surface area contributed by atoms with Crippen molar-refractivity contribution in [3.8, 4) is 0 Å². The van der Waals surface area contributed by atoms with E-state index in [1.165, 1.54) is 5.01 Å². The summed E-state index contributed by atoms with van der Waals surface area (Å²) in [5.74, 6) is -1.92. The molecule has 1 aliphatic carbocycles. The lowest BCUT2D eigenvalue weighted by Gasteiger charge is -2.31. The van der Waals surface area contributed by atoms with Gasteiger partial charge in [-0.3, -0.25) is 14.4 Å². The van der Waals surface area contributed by atoms with Crippen molar-refractivity contribution in [1.82, 2.24) is 10.0 Å². The van der Waals surface area contributed by atoms with E-state index in [0.717, 1.165) is 10.6 Å². The molecule has 0 spiro atoms. The molecule has 0 radical (unpaired) electrons. The normalized spacial score (nSPS) is 23.2. The highest BCUT2D eigenvalue weighted by Crippen LogP contribution is 2.39. The third-order valence-electron chi connectivity index (χ3n) is 5.59. The van der Waals surface area contributed by atoms with Crippen LogP contribution in [0.4, 0.5) is 0 Å². The number of allylic oxidation sites excluding steroid dienone is 2. The quantitative estimate of drug-likeness (QED) is 0.565. The third-order valence-corrected chi connectivity index (χ3v) is 5.84. The summed E-state index contributed by atoms with van der Waals surface area (Å²) < 4.78 is 0. The zero-order valence-corrected chi connectivity index (χ0v) is 16.8. The maximum Gasteiger partial charge on any atom is 0.273 e. The van der Waals surface area contributed by atoms with E-state index in [1.54, 1.807) is 24.3 Å². The van der Waals surface area contributed by atoms with Gasteiger partial charge in [0.15, 0.2) is 0 Å². The van der Waals surface area contributed by atoms with Gasteiger partial charge in [-0.15, -0.1) is 0 Å². The van der Waals surface area contributed by atoms with Crippen LogP contribution in [0, 0.1) is 17.8 Å². The largest absolute Gasteiger partial charge is 0.273 e. The highest BCUT2D eigenvalue weighted by Gasteiger charge is 2.53. The van der Waals surface area contributed by atoms with Crippen LogP contribution in [0.5, 0.6) is 0 Å². The molecule has 6 heteroatoms. The summed E-state index contributed by atoms with van der Waals surface area (Å²) in [6.45, 7) is 2.06. The monoisotopic (exact) mass is 408 g/mol. The SMILES string of the molecule is C[C@@H]1C=CC[C@@H]2C(=O)N(N(Cc3ccccc3)C(=O)c3ccc(Cl)cc3)C(=O)[C@H]12. The van der Waals surface area contributed by atoms with Crippen LogP contribution in [0.2, 0.25) is 5.02 Å². The maximum absolute atomic E-state index is 13.3. The smallest absolute Gasteiger partial charge is 0.272 e. The average Bonchev–Trinajstić information content (AvgIpc) is 2.98. The fraction of sp³-hybridized carbons (Fsp3) is 0.261. The summed E-state index contributed by atoms with van der Waals surface area (Å²) in [5, 5.41) is 2.85. The van der Waals surface area contributed by atoms with Gasteiger partial charge >= 0.3 is 0 Å². The number of imide groups is 1. The molecule has 1 saturated heterocycles. The summed E-state index contributed by atoms with van der Waals surface area (Å²) in [6.07, 6.45) is 4.44. The molecule has 1 heterocycles. The minimum absolute atomic E-state index is 0.0422. The fourth-order valence-electron chi connectivity index (χ4n) is 4.10. The summed E-state index contributed by atoms with van der Waals surface area (Å²) in [5.41, 5.74) is 1.20. The Bertz CT molecular complexity index is 971. The van der Waals surface area contributed by atoms with Crippen LogP contribution in [0.15, 0.2) is 66.7 Å². The van der Waals surface area contributed by atoms with Crippen molar-refractivity contribution in [2.75, 3.05) is 0 Å². The lowest BCUT2D eigenvalue weighted by atomic mass is 9.78. The predicted octanol–water partition coefficient (Wildman–Crippen LogP) is 4.09. The van der Waals surface area contributed by atoms with E-state index in [1.807, 2.05) is 49.4 Å². The molecule has 3 atom stereocenters. The topological polar surface area (TPSA) is 57.7 Å². The van der Waals surface area contributed by atoms with Crippen LogP contribution in [0.3, 0.4) is 0 Å². The van der Waals surface area contributed by atoms with Gasteiger partial charge < -0.3 is 0 Å². The van der Waals surface area contributed by atoms with Gasteiger partial charge in [-0.2, -0.15) is 5.01 Å². The highest BCUT2D eigenvalue weighted by atomic mass is 35.5. The van der Waals surface area contributed by atoms with Gasteiger partial charge in [0, 0.05) is 10.6 Å². The van der Waals surface area contributed by atoms with E-state index < -0.39 is 17.7 Å². The second-order valence-electron chi connectivity index (χ2n) is 7.50. The molecule has 2 aromatic carbocycles. The predicted molar refractivity (Wildman–Crippen MR) is 110 cm³/mol. The van der Waals surface area contributed by atoms with Crippen LogP contribution in [-0.4, -0.2) is 27.7 Å². The van der Waals surface area contributed by atoms with Crippen molar-refractivity contribution in [2.24, 2.45) is 17.8 Å². The molecular formula is C23H21ClN2O3. The number of hydrogen-bond donors (Lipinski definition) is 0. The summed E-state index contributed by atoms with van der Waals surface area (Å²) in [4.78, 5) is 39.8. The van der Waals surface area contributed by atoms with Gasteiger partial charge in [-0.05, 0) is 42.2 Å². The Morgan fingerprint density at radius 2 is 1.76 bits per heavy atom. The van der Waals surface area contributed by atoms with Crippen LogP contribution >= 0.6 is 11.6 Å². The van der Waals surface area contributed by atoms with Crippen molar-refractivity contribution in [1.29, 1.82) is 0 Å². The Labute approximate surface area is 174 Å². The number of hydrogen-bond acceptors (Lipinski definition) is 3. The first-order valence-electron chi connectivity index (χ1n) is 9.63. The molecule has 5 nitrogen and oxygen atoms in total. The molecular weight excluding hydrogens is 388 g/mol. The van der Waals surface area contributed by atoms with Crippen LogP contribution < -0.4 is 0 Å². The Morgan fingerprint density at radius 3 is 2.41 bits per heavy atom. The first-order valence-corrected chi connectivity index (χ1v) is 10.0. The summed E-state index contributed by atoms with van der Waals surface area (Å²) >= 11 is 5.95. The molecule has 1 aliphatic heterocycles. The van der Waals surface area contributed by atoms with Crippen molar-refractivity contribution < 1.29 is 14.4 Å². The van der Waals surface area contributed by atoms with Gasteiger partial charge in [-0.1, -0.05) is 61.0 Å². The molecule has 2 aromatic rings. The number of rotatable bonds is 4. The number of carbonyl (C=O) groups is 3. The van der Waals surface area contributed by atoms with Crippen molar-refractivity contribution in [3.63, 3.8) is 0 Å². The van der Waals surface area contributed by atoms with E-state index in [4.69, 9.17) is 11.6 Å². The molecule has 0 unspecified atom stereocenters. The van der Waals surface area contributed by atoms with E-state index in [-0.39, 0.29) is 24.3 Å². The van der Waals surface area contributed by atoms with Crippen molar-refractivity contribution in [3.05, 3.63) is 82.9 Å². The van der Waals surface area contributed by atoms with Gasteiger partial charge in [-0.25, -0.2) is 5.01 Å². The number of nitrogens with zero attached hydrogens (tertiary/aromatic N) is 2. The van der Waals surface area contributed by atoms with E-state index in [2.05, 4.69) is 0 Å². The second kappa shape index (κ2) is 7.84. The number of carbonyl (C=O) groups excluding carboxylic acids is 3. The van der Waals surface area contributed by atoms with Gasteiger partial charge in [0.2, 0.25) is 0 Å².